The fourth-order valence-corrected chi connectivity index (χ4v) is 9.98. The van der Waals surface area contributed by atoms with Crippen molar-refractivity contribution in [3.05, 3.63) is 149 Å². The normalized spacial score (nSPS) is 22.9. The number of benzene rings is 5. The lowest BCUT2D eigenvalue weighted by Crippen LogP contribution is -2.43. The van der Waals surface area contributed by atoms with E-state index in [1.165, 1.54) is 9.80 Å². The van der Waals surface area contributed by atoms with Gasteiger partial charge in [0.1, 0.15) is 28.7 Å². The maximum atomic E-state index is 14.7. The number of methoxy groups -OCH3 is 4. The summed E-state index contributed by atoms with van der Waals surface area (Å²) in [5.41, 5.74) is 5.55. The van der Waals surface area contributed by atoms with Gasteiger partial charge in [-0.1, -0.05) is 78.4 Å². The predicted molar refractivity (Wildman–Crippen MR) is 240 cm³/mol. The third-order valence-corrected chi connectivity index (χ3v) is 13.0. The molecule has 5 aromatic carbocycles. The van der Waals surface area contributed by atoms with Gasteiger partial charge in [-0.3, -0.25) is 29.0 Å². The highest BCUT2D eigenvalue weighted by atomic mass is 16.5. The molecule has 2 aliphatic heterocycles. The Morgan fingerprint density at radius 1 is 0.540 bits per heavy atom. The number of anilines is 2. The molecule has 3 fully saturated rings. The van der Waals surface area contributed by atoms with Crippen LogP contribution >= 0.6 is 0 Å². The van der Waals surface area contributed by atoms with Crippen LogP contribution in [-0.2, 0) is 19.2 Å². The Morgan fingerprint density at radius 3 is 1.56 bits per heavy atom. The molecule has 1 saturated carbocycles. The van der Waals surface area contributed by atoms with Gasteiger partial charge in [-0.15, -0.1) is 0 Å². The van der Waals surface area contributed by atoms with E-state index in [1.54, 1.807) is 77.0 Å². The van der Waals surface area contributed by atoms with Gasteiger partial charge < -0.3 is 24.1 Å². The number of carbonyl (C=O) groups excluding carboxylic acids is 4. The van der Waals surface area contributed by atoms with E-state index in [0.29, 0.717) is 46.4 Å². The third-order valence-electron chi connectivity index (χ3n) is 13.0. The number of para-hydroxylation sites is 1. The van der Waals surface area contributed by atoms with Gasteiger partial charge in [0, 0.05) is 22.6 Å². The Labute approximate surface area is 365 Å². The Bertz CT molecular complexity index is 2720. The topological polar surface area (TPSA) is 132 Å². The minimum atomic E-state index is -0.814. The van der Waals surface area contributed by atoms with Gasteiger partial charge in [0.25, 0.3) is 0 Å². The van der Waals surface area contributed by atoms with Crippen LogP contribution in [-0.4, -0.2) is 57.2 Å². The number of carbonyl (C=O) groups is 4. The zero-order chi connectivity index (χ0) is 43.9. The van der Waals surface area contributed by atoms with Crippen molar-refractivity contribution in [2.24, 2.45) is 29.6 Å². The Kier molecular flexibility index (Phi) is 10.9. The summed E-state index contributed by atoms with van der Waals surface area (Å²) in [5.74, 6) is -2.74. The number of allylic oxidation sites excluding steroid dienone is 2. The van der Waals surface area contributed by atoms with Gasteiger partial charge in [-0.05, 0) is 96.6 Å². The van der Waals surface area contributed by atoms with E-state index in [-0.39, 0.29) is 35.8 Å². The molecular weight excluding hydrogens is 797 g/mol. The van der Waals surface area contributed by atoms with Crippen LogP contribution in [0.4, 0.5) is 11.4 Å². The second-order valence-corrected chi connectivity index (χ2v) is 16.2. The van der Waals surface area contributed by atoms with Crippen LogP contribution in [0.15, 0.2) is 121 Å². The zero-order valence-electron chi connectivity index (χ0n) is 35.3. The van der Waals surface area contributed by atoms with Crippen molar-refractivity contribution in [2.75, 3.05) is 38.2 Å². The molecule has 6 unspecified atom stereocenters. The molecule has 0 aromatic heterocycles. The molecule has 2 aliphatic carbocycles. The van der Waals surface area contributed by atoms with E-state index in [9.17, 15) is 24.3 Å². The van der Waals surface area contributed by atoms with Crippen LogP contribution in [0.5, 0.6) is 28.7 Å². The average Bonchev–Trinajstić information content (AvgIpc) is 3.72. The fourth-order valence-electron chi connectivity index (χ4n) is 9.98. The summed E-state index contributed by atoms with van der Waals surface area (Å²) < 4.78 is 21.8. The van der Waals surface area contributed by atoms with Crippen molar-refractivity contribution in [1.82, 2.24) is 0 Å². The number of hydrogen-bond donors (Lipinski definition) is 1. The van der Waals surface area contributed by atoms with Crippen LogP contribution in [0.1, 0.15) is 46.6 Å². The van der Waals surface area contributed by atoms with E-state index in [4.69, 9.17) is 18.9 Å². The molecule has 0 bridgehead atoms. The zero-order valence-corrected chi connectivity index (χ0v) is 35.3. The maximum absolute atomic E-state index is 14.7. The lowest BCUT2D eigenvalue weighted by atomic mass is 9.57. The third kappa shape index (κ3) is 7.22. The first-order chi connectivity index (χ1) is 30.6. The standard InChI is InChI=1S/C52H46N2O9/c1-60-36-21-25-44(62-3)32(27-36)15-9-30-11-17-34(18-12-30)53-49(56)40-24-23-38-41(47(40)51(53)58)29-42-48(46(38)39-7-5-6-8-43(39)55)52(59)54(50(42)57)35-19-13-31(14-20-35)10-16-33-28-37(61-2)22-26-45(33)63-4/h5-23,25-28,40-42,46-48,55H,24,29H2,1-4H3. The van der Waals surface area contributed by atoms with Crippen molar-refractivity contribution in [3.8, 4) is 28.7 Å². The molecule has 318 valence electrons. The highest BCUT2D eigenvalue weighted by Crippen LogP contribution is 2.59. The molecule has 6 atom stereocenters. The smallest absolute Gasteiger partial charge is 0.238 e. The Morgan fingerprint density at radius 2 is 1.05 bits per heavy atom. The van der Waals surface area contributed by atoms with Gasteiger partial charge in [0.2, 0.25) is 23.6 Å². The number of amides is 4. The largest absolute Gasteiger partial charge is 0.508 e. The first-order valence-corrected chi connectivity index (χ1v) is 20.9. The van der Waals surface area contributed by atoms with Crippen LogP contribution in [0.25, 0.3) is 24.3 Å². The molecule has 4 amide bonds. The minimum Gasteiger partial charge on any atom is -0.508 e. The van der Waals surface area contributed by atoms with Crippen LogP contribution < -0.4 is 28.7 Å². The van der Waals surface area contributed by atoms with Gasteiger partial charge in [-0.25, -0.2) is 0 Å². The summed E-state index contributed by atoms with van der Waals surface area (Å²) in [7, 11) is 6.41. The van der Waals surface area contributed by atoms with Gasteiger partial charge in [0.15, 0.2) is 0 Å². The van der Waals surface area contributed by atoms with Gasteiger partial charge in [-0.2, -0.15) is 0 Å². The highest BCUT2D eigenvalue weighted by Gasteiger charge is 2.62. The molecule has 2 heterocycles. The molecule has 0 radical (unpaired) electrons. The first-order valence-electron chi connectivity index (χ1n) is 20.9. The van der Waals surface area contributed by atoms with E-state index in [2.05, 4.69) is 0 Å². The molecule has 5 aromatic rings. The van der Waals surface area contributed by atoms with Crippen molar-refractivity contribution in [1.29, 1.82) is 0 Å². The summed E-state index contributed by atoms with van der Waals surface area (Å²) in [4.78, 5) is 60.6. The summed E-state index contributed by atoms with van der Waals surface area (Å²) in [6, 6.07) is 32.3. The fraction of sp³-hybridized carbons (Fsp3) is 0.231. The van der Waals surface area contributed by atoms with E-state index < -0.39 is 35.5 Å². The predicted octanol–water partition coefficient (Wildman–Crippen LogP) is 8.81. The van der Waals surface area contributed by atoms with Crippen LogP contribution in [0, 0.1) is 29.6 Å². The van der Waals surface area contributed by atoms with Crippen molar-refractivity contribution in [3.63, 3.8) is 0 Å². The lowest BCUT2D eigenvalue weighted by Gasteiger charge is -2.44. The number of rotatable bonds is 11. The molecule has 2 saturated heterocycles. The number of hydrogen-bond acceptors (Lipinski definition) is 9. The van der Waals surface area contributed by atoms with E-state index >= 15 is 0 Å². The van der Waals surface area contributed by atoms with Crippen molar-refractivity contribution < 1.29 is 43.2 Å². The first kappa shape index (κ1) is 41.0. The molecular formula is C52H46N2O9. The number of ether oxygens (including phenoxy) is 4. The van der Waals surface area contributed by atoms with E-state index in [0.717, 1.165) is 27.8 Å². The number of phenolic OH excluding ortho intramolecular Hbond substituents is 1. The van der Waals surface area contributed by atoms with E-state index in [1.807, 2.05) is 91.0 Å². The van der Waals surface area contributed by atoms with Crippen LogP contribution in [0.3, 0.4) is 0 Å². The number of fused-ring (bicyclic) bond motifs is 4. The molecule has 11 nitrogen and oxygen atoms in total. The summed E-state index contributed by atoms with van der Waals surface area (Å²) in [5, 5.41) is 11.3. The molecule has 63 heavy (non-hydrogen) atoms. The number of phenols is 1. The van der Waals surface area contributed by atoms with Crippen molar-refractivity contribution in [2.45, 2.75) is 18.8 Å². The summed E-state index contributed by atoms with van der Waals surface area (Å²) in [6.45, 7) is 0. The summed E-state index contributed by atoms with van der Waals surface area (Å²) >= 11 is 0. The molecule has 4 aliphatic rings. The highest BCUT2D eigenvalue weighted by molar-refractivity contribution is 6.24. The quantitative estimate of drug-likeness (QED) is 0.0788. The molecule has 11 heteroatoms. The molecule has 1 N–H and O–H groups in total. The Hall–Kier alpha value is -7.40. The van der Waals surface area contributed by atoms with Crippen LogP contribution in [0.2, 0.25) is 0 Å². The maximum Gasteiger partial charge on any atom is 0.238 e. The molecule has 9 rings (SSSR count). The number of nitrogens with zero attached hydrogens (tertiary/aromatic N) is 2. The monoisotopic (exact) mass is 842 g/mol. The second kappa shape index (κ2) is 16.8. The van der Waals surface area contributed by atoms with Crippen molar-refractivity contribution >= 4 is 59.3 Å². The average molecular weight is 843 g/mol. The van der Waals surface area contributed by atoms with Gasteiger partial charge >= 0.3 is 0 Å². The number of aromatic hydroxyl groups is 1. The minimum absolute atomic E-state index is 0.00173. The summed E-state index contributed by atoms with van der Waals surface area (Å²) in [6.07, 6.45) is 10.1. The molecule has 0 spiro atoms. The lowest BCUT2D eigenvalue weighted by molar-refractivity contribution is -0.126. The van der Waals surface area contributed by atoms with Gasteiger partial charge in [0.05, 0.1) is 63.5 Å². The second-order valence-electron chi connectivity index (χ2n) is 16.2. The Balaban J connectivity index is 0.992. The number of imide groups is 2. The SMILES string of the molecule is COc1ccc(OC)c(C=Cc2ccc(N3C(=O)C4CC=C5C(CC6C(=O)N(c7ccc(C=Cc8cc(OC)ccc8OC)cc7)C(=O)C6C5c5ccccc5O)C4C3=O)cc2)c1.